The van der Waals surface area contributed by atoms with E-state index in [0.717, 1.165) is 0 Å². The van der Waals surface area contributed by atoms with Crippen molar-refractivity contribution >= 4 is 13.7 Å². The van der Waals surface area contributed by atoms with Crippen LogP contribution in [0.3, 0.4) is 0 Å². The summed E-state index contributed by atoms with van der Waals surface area (Å²) in [6.07, 6.45) is 0. The first-order valence-corrected chi connectivity index (χ1v) is 10.2. The lowest BCUT2D eigenvalue weighted by atomic mass is 10.1. The van der Waals surface area contributed by atoms with Gasteiger partial charge in [0.2, 0.25) is 0 Å². The molecule has 0 radical (unpaired) electrons. The highest BCUT2D eigenvalue weighted by molar-refractivity contribution is 6.86. The van der Waals surface area contributed by atoms with Crippen LogP contribution in [-0.2, 0) is 0 Å². The molecule has 1 rings (SSSR count). The molecule has 0 fully saturated rings. The minimum absolute atomic E-state index is 0.0125. The molecule has 0 aliphatic heterocycles. The predicted octanol–water partition coefficient (Wildman–Crippen LogP) is 3.00. The second kappa shape index (κ2) is 6.44. The van der Waals surface area contributed by atoms with Crippen molar-refractivity contribution in [2.45, 2.75) is 78.9 Å². The zero-order chi connectivity index (χ0) is 17.2. The smallest absolute Gasteiger partial charge is 0.305 e. The third-order valence-corrected chi connectivity index (χ3v) is 7.47. The standard InChI is InChI=1S/C18H35N3Si/c1-16(2,3)19-22(20-17(4,5)6,21-18(7,8)9)15-13-11-10-12-14-15/h10-14,19-21H,1-9H3. The van der Waals surface area contributed by atoms with Crippen LogP contribution in [0.4, 0.5) is 0 Å². The van der Waals surface area contributed by atoms with Gasteiger partial charge in [-0.15, -0.1) is 0 Å². The number of rotatable bonds is 4. The number of hydrogen-bond acceptors (Lipinski definition) is 3. The molecule has 0 spiro atoms. The number of nitrogens with one attached hydrogen (secondary N) is 3. The summed E-state index contributed by atoms with van der Waals surface area (Å²) < 4.78 is 0. The fraction of sp³-hybridized carbons (Fsp3) is 0.667. The number of benzene rings is 1. The van der Waals surface area contributed by atoms with E-state index in [1.807, 2.05) is 0 Å². The van der Waals surface area contributed by atoms with Crippen molar-refractivity contribution in [1.82, 2.24) is 14.9 Å². The van der Waals surface area contributed by atoms with Crippen molar-refractivity contribution in [2.24, 2.45) is 0 Å². The molecule has 22 heavy (non-hydrogen) atoms. The molecule has 0 aromatic heterocycles. The summed E-state index contributed by atoms with van der Waals surface area (Å²) in [6, 6.07) is 10.8. The summed E-state index contributed by atoms with van der Waals surface area (Å²) in [6.45, 7) is 20.1. The molecule has 0 atom stereocenters. The summed E-state index contributed by atoms with van der Waals surface area (Å²) >= 11 is 0. The van der Waals surface area contributed by atoms with Crippen LogP contribution in [0, 0.1) is 0 Å². The van der Waals surface area contributed by atoms with Crippen LogP contribution in [-0.4, -0.2) is 25.2 Å². The van der Waals surface area contributed by atoms with Gasteiger partial charge in [0.1, 0.15) is 0 Å². The third kappa shape index (κ3) is 6.61. The Morgan fingerprint density at radius 3 is 1.18 bits per heavy atom. The average Bonchev–Trinajstić information content (AvgIpc) is 2.22. The topological polar surface area (TPSA) is 36.1 Å². The van der Waals surface area contributed by atoms with E-state index in [-0.39, 0.29) is 16.6 Å². The van der Waals surface area contributed by atoms with Gasteiger partial charge in [0.15, 0.2) is 0 Å². The zero-order valence-corrected chi connectivity index (χ0v) is 16.9. The highest BCUT2D eigenvalue weighted by Crippen LogP contribution is 2.13. The van der Waals surface area contributed by atoms with Crippen LogP contribution in [0.1, 0.15) is 62.3 Å². The molecule has 0 unspecified atom stereocenters. The molecule has 3 N–H and O–H groups in total. The number of hydrogen-bond donors (Lipinski definition) is 3. The Bertz CT molecular complexity index is 423. The summed E-state index contributed by atoms with van der Waals surface area (Å²) in [7, 11) is -2.33. The Morgan fingerprint density at radius 1 is 0.591 bits per heavy atom. The van der Waals surface area contributed by atoms with E-state index >= 15 is 0 Å². The van der Waals surface area contributed by atoms with E-state index in [9.17, 15) is 0 Å². The molecule has 126 valence electrons. The van der Waals surface area contributed by atoms with Gasteiger partial charge in [-0.2, -0.15) is 0 Å². The molecule has 0 aliphatic carbocycles. The van der Waals surface area contributed by atoms with Crippen LogP contribution in [0.5, 0.6) is 0 Å². The molecule has 0 heterocycles. The largest absolute Gasteiger partial charge is 0.316 e. The van der Waals surface area contributed by atoms with E-state index in [2.05, 4.69) is 108 Å². The van der Waals surface area contributed by atoms with Gasteiger partial charge < -0.3 is 14.9 Å². The summed E-state index contributed by atoms with van der Waals surface area (Å²) in [5.74, 6) is 0. The fourth-order valence-corrected chi connectivity index (χ4v) is 7.37. The normalized spacial score (nSPS) is 14.2. The maximum Gasteiger partial charge on any atom is 0.316 e. The molecule has 0 aliphatic rings. The van der Waals surface area contributed by atoms with Gasteiger partial charge in [0.05, 0.1) is 0 Å². The van der Waals surface area contributed by atoms with Crippen LogP contribution in [0.2, 0.25) is 0 Å². The second-order valence-corrected chi connectivity index (χ2v) is 12.1. The highest BCUT2D eigenvalue weighted by Gasteiger charge is 2.44. The maximum absolute atomic E-state index is 3.92. The Kier molecular flexibility index (Phi) is 5.67. The molecule has 1 aromatic rings. The SMILES string of the molecule is CC(C)(C)N[Si](NC(C)(C)C)(NC(C)(C)C)c1ccccc1. The second-order valence-electron chi connectivity index (χ2n) is 9.24. The first-order valence-electron chi connectivity index (χ1n) is 8.16. The van der Waals surface area contributed by atoms with Gasteiger partial charge in [0, 0.05) is 16.6 Å². The maximum atomic E-state index is 3.92. The van der Waals surface area contributed by atoms with Crippen LogP contribution in [0.25, 0.3) is 0 Å². The van der Waals surface area contributed by atoms with E-state index in [1.54, 1.807) is 0 Å². The van der Waals surface area contributed by atoms with Crippen molar-refractivity contribution in [3.05, 3.63) is 30.3 Å². The first kappa shape index (κ1) is 19.4. The van der Waals surface area contributed by atoms with Gasteiger partial charge >= 0.3 is 8.56 Å². The van der Waals surface area contributed by atoms with Crippen LogP contribution >= 0.6 is 0 Å². The predicted molar refractivity (Wildman–Crippen MR) is 100 cm³/mol. The van der Waals surface area contributed by atoms with Crippen molar-refractivity contribution in [2.75, 3.05) is 0 Å². The molecular formula is C18H35N3Si. The lowest BCUT2D eigenvalue weighted by molar-refractivity contribution is 0.425. The summed E-state index contributed by atoms with van der Waals surface area (Å²) in [5, 5.41) is 1.33. The Balaban J connectivity index is 3.41. The minimum atomic E-state index is -2.33. The summed E-state index contributed by atoms with van der Waals surface area (Å²) in [5.41, 5.74) is 0.0374. The van der Waals surface area contributed by atoms with E-state index in [1.165, 1.54) is 5.19 Å². The molecule has 1 aromatic carbocycles. The van der Waals surface area contributed by atoms with Crippen molar-refractivity contribution in [3.63, 3.8) is 0 Å². The summed E-state index contributed by atoms with van der Waals surface area (Å²) in [4.78, 5) is 11.7. The molecule has 0 saturated carbocycles. The molecule has 4 heteroatoms. The Labute approximate surface area is 138 Å². The highest BCUT2D eigenvalue weighted by atomic mass is 28.4. The van der Waals surface area contributed by atoms with E-state index in [0.29, 0.717) is 0 Å². The Hall–Kier alpha value is -0.683. The quantitative estimate of drug-likeness (QED) is 0.746. The lowest BCUT2D eigenvalue weighted by Crippen LogP contribution is -2.86. The average molecular weight is 322 g/mol. The van der Waals surface area contributed by atoms with Gasteiger partial charge in [-0.3, -0.25) is 0 Å². The van der Waals surface area contributed by atoms with Crippen molar-refractivity contribution < 1.29 is 0 Å². The monoisotopic (exact) mass is 321 g/mol. The van der Waals surface area contributed by atoms with Crippen molar-refractivity contribution in [3.8, 4) is 0 Å². The molecular weight excluding hydrogens is 286 g/mol. The lowest BCUT2D eigenvalue weighted by Gasteiger charge is -2.46. The minimum Gasteiger partial charge on any atom is -0.305 e. The van der Waals surface area contributed by atoms with E-state index in [4.69, 9.17) is 0 Å². The first-order chi connectivity index (χ1) is 9.73. The molecule has 3 nitrogen and oxygen atoms in total. The molecule has 0 amide bonds. The van der Waals surface area contributed by atoms with Gasteiger partial charge in [-0.05, 0) is 67.5 Å². The fourth-order valence-electron chi connectivity index (χ4n) is 2.69. The van der Waals surface area contributed by atoms with Gasteiger partial charge in [-0.25, -0.2) is 0 Å². The molecule has 0 bridgehead atoms. The van der Waals surface area contributed by atoms with Gasteiger partial charge in [-0.1, -0.05) is 30.3 Å². The molecule has 0 saturated heterocycles. The third-order valence-electron chi connectivity index (χ3n) is 2.89. The zero-order valence-electron chi connectivity index (χ0n) is 15.9. The van der Waals surface area contributed by atoms with Crippen LogP contribution < -0.4 is 20.1 Å². The van der Waals surface area contributed by atoms with Crippen molar-refractivity contribution in [1.29, 1.82) is 0 Å². The van der Waals surface area contributed by atoms with Crippen LogP contribution in [0.15, 0.2) is 30.3 Å². The van der Waals surface area contributed by atoms with E-state index < -0.39 is 8.56 Å². The Morgan fingerprint density at radius 2 is 0.909 bits per heavy atom. The van der Waals surface area contributed by atoms with Gasteiger partial charge in [0.25, 0.3) is 0 Å².